The minimum Gasteiger partial charge on any atom is -0.497 e. The minimum atomic E-state index is -2.03. The van der Waals surface area contributed by atoms with Crippen molar-refractivity contribution in [3.8, 4) is 34.3 Å². The van der Waals surface area contributed by atoms with Crippen LogP contribution in [0.5, 0.6) is 23.0 Å². The van der Waals surface area contributed by atoms with Gasteiger partial charge in [-0.05, 0) is 61.1 Å². The van der Waals surface area contributed by atoms with E-state index in [0.29, 0.717) is 48.9 Å². The number of carbonyl (C=O) groups excluding carboxylic acids is 4. The fourth-order valence-corrected chi connectivity index (χ4v) is 9.91. The van der Waals surface area contributed by atoms with Gasteiger partial charge in [0, 0.05) is 66.8 Å². The fraction of sp³-hybridized carbons (Fsp3) is 0.419. The molecular formula is C43H44ClN3O10S. The number of hydrogen-bond donors (Lipinski definition) is 1. The summed E-state index contributed by atoms with van der Waals surface area (Å²) < 4.78 is 31.0. The molecule has 0 unspecified atom stereocenters. The molecule has 58 heavy (non-hydrogen) atoms. The average molecular weight is 830 g/mol. The minimum absolute atomic E-state index is 0.00933. The number of amides is 2. The number of methoxy groups -OCH3 is 3. The lowest BCUT2D eigenvalue weighted by molar-refractivity contribution is -0.138. The molecule has 1 saturated heterocycles. The van der Waals surface area contributed by atoms with Gasteiger partial charge in [-0.2, -0.15) is 11.8 Å². The number of likely N-dealkylation sites (tertiary alicyclic amines) is 1. The molecule has 3 aliphatic heterocycles. The number of thioether (sulfide) groups is 1. The molecule has 8 rings (SSSR count). The molecule has 5 heterocycles. The normalized spacial score (nSPS) is 22.1. The van der Waals surface area contributed by atoms with Crippen LogP contribution in [-0.2, 0) is 29.0 Å². The Balaban J connectivity index is 1.13. The molecule has 304 valence electrons. The number of hydrogen-bond acceptors (Lipinski definition) is 11. The first-order chi connectivity index (χ1) is 27.9. The molecule has 15 heteroatoms. The van der Waals surface area contributed by atoms with Crippen LogP contribution in [0.25, 0.3) is 11.3 Å². The number of Topliss-reactive ketones (excluding diaryl/α,β-unsaturated/α-hetero) is 2. The summed E-state index contributed by atoms with van der Waals surface area (Å²) in [6.07, 6.45) is 3.00. The van der Waals surface area contributed by atoms with Gasteiger partial charge in [0.2, 0.25) is 29.0 Å². The Morgan fingerprint density at radius 3 is 2.43 bits per heavy atom. The molecule has 0 saturated carbocycles. The maximum Gasteiger partial charge on any atom is 0.250 e. The van der Waals surface area contributed by atoms with Gasteiger partial charge in [-0.3, -0.25) is 24.0 Å². The van der Waals surface area contributed by atoms with Gasteiger partial charge in [0.05, 0.1) is 33.3 Å². The average Bonchev–Trinajstić information content (AvgIpc) is 3.74. The second-order valence-corrected chi connectivity index (χ2v) is 16.7. The predicted octanol–water partition coefficient (Wildman–Crippen LogP) is 5.60. The highest BCUT2D eigenvalue weighted by Gasteiger charge is 2.63. The van der Waals surface area contributed by atoms with E-state index in [9.17, 15) is 19.2 Å². The van der Waals surface area contributed by atoms with E-state index < -0.39 is 35.0 Å². The van der Waals surface area contributed by atoms with E-state index in [1.54, 1.807) is 62.2 Å². The number of nitrogens with zero attached hydrogens (tertiary/aromatic N) is 2. The molecule has 4 aliphatic rings. The Kier molecular flexibility index (Phi) is 10.6. The molecular weight excluding hydrogens is 786 g/mol. The molecule has 1 aliphatic carbocycles. The van der Waals surface area contributed by atoms with Gasteiger partial charge in [0.15, 0.2) is 5.75 Å². The Hall–Kier alpha value is -5.21. The number of furan rings is 1. The van der Waals surface area contributed by atoms with Crippen molar-refractivity contribution in [2.24, 2.45) is 11.8 Å². The van der Waals surface area contributed by atoms with Crippen molar-refractivity contribution in [3.05, 3.63) is 92.1 Å². The summed E-state index contributed by atoms with van der Waals surface area (Å²) in [5, 5.41) is 3.03. The summed E-state index contributed by atoms with van der Waals surface area (Å²) in [7, 11) is 4.37. The number of fused-ring (bicyclic) bond motifs is 6. The topological polar surface area (TPSA) is 156 Å². The summed E-state index contributed by atoms with van der Waals surface area (Å²) in [6.45, 7) is 3.18. The van der Waals surface area contributed by atoms with Crippen molar-refractivity contribution in [3.63, 3.8) is 0 Å². The number of carbonyl (C=O) groups is 4. The van der Waals surface area contributed by atoms with E-state index in [2.05, 4.69) is 5.32 Å². The van der Waals surface area contributed by atoms with Crippen molar-refractivity contribution >= 4 is 46.7 Å². The van der Waals surface area contributed by atoms with Gasteiger partial charge in [-0.15, -0.1) is 0 Å². The van der Waals surface area contributed by atoms with E-state index in [1.807, 2.05) is 21.8 Å². The maximum absolute atomic E-state index is 15.1. The fourth-order valence-electron chi connectivity index (χ4n) is 9.17. The summed E-state index contributed by atoms with van der Waals surface area (Å²) in [4.78, 5) is 72.7. The van der Waals surface area contributed by atoms with Crippen LogP contribution in [0.1, 0.15) is 63.4 Å². The number of aromatic nitrogens is 1. The van der Waals surface area contributed by atoms with E-state index in [1.165, 1.54) is 20.3 Å². The Bertz CT molecular complexity index is 2390. The van der Waals surface area contributed by atoms with Gasteiger partial charge in [0.1, 0.15) is 45.4 Å². The number of ether oxygens (including phenoxy) is 4. The van der Waals surface area contributed by atoms with Crippen LogP contribution < -0.4 is 29.8 Å². The van der Waals surface area contributed by atoms with Crippen LogP contribution in [0.3, 0.4) is 0 Å². The second-order valence-electron chi connectivity index (χ2n) is 15.4. The number of benzene rings is 2. The van der Waals surface area contributed by atoms with Crippen LogP contribution in [0.4, 0.5) is 0 Å². The van der Waals surface area contributed by atoms with Crippen molar-refractivity contribution < 1.29 is 42.5 Å². The van der Waals surface area contributed by atoms with Crippen LogP contribution in [0.2, 0.25) is 5.02 Å². The number of piperidine rings is 1. The van der Waals surface area contributed by atoms with Crippen LogP contribution >= 0.6 is 23.4 Å². The number of halogens is 1. The monoisotopic (exact) mass is 829 g/mol. The Labute approximate surface area is 344 Å². The van der Waals surface area contributed by atoms with Gasteiger partial charge in [0.25, 0.3) is 5.56 Å². The largest absolute Gasteiger partial charge is 0.497 e. The zero-order chi connectivity index (χ0) is 41.0. The molecule has 4 aromatic rings. The highest BCUT2D eigenvalue weighted by Crippen LogP contribution is 2.54. The zero-order valence-electron chi connectivity index (χ0n) is 32.8. The SMILES string of the molecule is COc1ccc(-c2oc3c(c2CC(=O)N[C@@H](CCSC)C(=O)N2C[C@H]4C[C@@H](C2)c2cccc(=O)n2C4)C(=O)[C@@]2(Oc4c(Cl)c(OC)cc(OC)c4C2=O)[C@H](C)C3)cc1. The maximum atomic E-state index is 15.1. The standard InChI is InChI=1S/C43H44ClN3O10S/c1-22-15-31-35(40(50)43(22)41(51)36-30(54-3)18-32(55-4)37(44)39(36)57-43)27(38(56-31)24-9-11-26(53-2)12-10-24)17-33(48)45-28(13-14-58-5)42(52)46-19-23-16-25(21-46)29-7-6-8-34(49)47(29)20-23/h6-12,18,22-23,25,28H,13-17,19-21H2,1-5H3,(H,45,48)/t22-,23-,25+,28+,43+/m1/s1. The third kappa shape index (κ3) is 6.44. The molecule has 1 spiro atoms. The molecule has 1 N–H and O–H groups in total. The third-order valence-electron chi connectivity index (χ3n) is 12.0. The van der Waals surface area contributed by atoms with Gasteiger partial charge >= 0.3 is 0 Å². The molecule has 1 fully saturated rings. The van der Waals surface area contributed by atoms with Crippen LogP contribution in [0.15, 0.2) is 57.7 Å². The van der Waals surface area contributed by atoms with Crippen molar-refractivity contribution in [2.45, 2.75) is 56.7 Å². The molecule has 0 radical (unpaired) electrons. The van der Waals surface area contributed by atoms with Crippen molar-refractivity contribution in [1.29, 1.82) is 0 Å². The lowest BCUT2D eigenvalue weighted by Crippen LogP contribution is -2.56. The lowest BCUT2D eigenvalue weighted by atomic mass is 9.70. The van der Waals surface area contributed by atoms with E-state index in [0.717, 1.165) is 12.1 Å². The Morgan fingerprint density at radius 2 is 1.72 bits per heavy atom. The van der Waals surface area contributed by atoms with Crippen LogP contribution in [-0.4, -0.2) is 90.9 Å². The second kappa shape index (κ2) is 15.5. The first-order valence-corrected chi connectivity index (χ1v) is 21.0. The molecule has 13 nitrogen and oxygen atoms in total. The number of ketones is 2. The first-order valence-electron chi connectivity index (χ1n) is 19.2. The van der Waals surface area contributed by atoms with E-state index in [4.69, 9.17) is 35.0 Å². The third-order valence-corrected chi connectivity index (χ3v) is 13.0. The van der Waals surface area contributed by atoms with Crippen LogP contribution in [0, 0.1) is 11.8 Å². The highest BCUT2D eigenvalue weighted by atomic mass is 35.5. The van der Waals surface area contributed by atoms with Gasteiger partial charge in [-0.1, -0.05) is 24.6 Å². The zero-order valence-corrected chi connectivity index (χ0v) is 34.4. The van der Waals surface area contributed by atoms with Gasteiger partial charge < -0.3 is 38.1 Å². The molecule has 2 amide bonds. The summed E-state index contributed by atoms with van der Waals surface area (Å²) >= 11 is 8.25. The van der Waals surface area contributed by atoms with Crippen molar-refractivity contribution in [1.82, 2.24) is 14.8 Å². The molecule has 2 bridgehead atoms. The molecule has 5 atom stereocenters. The summed E-state index contributed by atoms with van der Waals surface area (Å²) in [5.41, 5.74) is -0.192. The number of rotatable bonds is 11. The predicted molar refractivity (Wildman–Crippen MR) is 217 cm³/mol. The summed E-state index contributed by atoms with van der Waals surface area (Å²) in [5.74, 6) is -0.416. The van der Waals surface area contributed by atoms with E-state index >= 15 is 4.79 Å². The number of pyridine rings is 1. The van der Waals surface area contributed by atoms with Crippen molar-refractivity contribution in [2.75, 3.05) is 46.4 Å². The lowest BCUT2D eigenvalue weighted by Gasteiger charge is -2.43. The first kappa shape index (κ1) is 39.6. The quantitative estimate of drug-likeness (QED) is 0.188. The smallest absolute Gasteiger partial charge is 0.250 e. The van der Waals surface area contributed by atoms with Gasteiger partial charge in [-0.25, -0.2) is 0 Å². The number of nitrogens with one attached hydrogen (secondary N) is 1. The van der Waals surface area contributed by atoms with E-state index in [-0.39, 0.29) is 80.9 Å². The molecule has 2 aromatic carbocycles. The Morgan fingerprint density at radius 1 is 0.983 bits per heavy atom. The highest BCUT2D eigenvalue weighted by molar-refractivity contribution is 7.98. The summed E-state index contributed by atoms with van der Waals surface area (Å²) in [6, 6.07) is 12.9. The molecule has 2 aromatic heterocycles.